The van der Waals surface area contributed by atoms with Gasteiger partial charge in [0.1, 0.15) is 10.8 Å². The fraction of sp³-hybridized carbons (Fsp3) is 0. The lowest BCUT2D eigenvalue weighted by Crippen LogP contribution is -2.14. The molecule has 0 spiro atoms. The van der Waals surface area contributed by atoms with Gasteiger partial charge in [0.05, 0.1) is 22.4 Å². The summed E-state index contributed by atoms with van der Waals surface area (Å²) in [7, 11) is 0. The number of hydrogen-bond donors (Lipinski definition) is 1. The van der Waals surface area contributed by atoms with E-state index < -0.39 is 11.7 Å². The molecule has 1 amide bonds. The first-order valence-corrected chi connectivity index (χ1v) is 6.04. The van der Waals surface area contributed by atoms with Crippen LogP contribution in [-0.4, -0.2) is 15.9 Å². The maximum atomic E-state index is 13.2. The first-order chi connectivity index (χ1) is 8.97. The maximum Gasteiger partial charge on any atom is 0.275 e. The molecule has 2 rings (SSSR count). The summed E-state index contributed by atoms with van der Waals surface area (Å²) >= 11 is 16.8. The van der Waals surface area contributed by atoms with Gasteiger partial charge in [0.2, 0.25) is 0 Å². The highest BCUT2D eigenvalue weighted by Gasteiger charge is 2.12. The van der Waals surface area contributed by atoms with E-state index in [2.05, 4.69) is 15.3 Å². The number of aromatic nitrogens is 2. The lowest BCUT2D eigenvalue weighted by molar-refractivity contribution is 0.102. The molecule has 1 aromatic heterocycles. The Bertz CT molecular complexity index is 628. The summed E-state index contributed by atoms with van der Waals surface area (Å²) in [6.45, 7) is 0. The molecule has 0 saturated heterocycles. The molecule has 0 fully saturated rings. The summed E-state index contributed by atoms with van der Waals surface area (Å²) in [4.78, 5) is 19.3. The van der Waals surface area contributed by atoms with Crippen molar-refractivity contribution >= 4 is 46.4 Å². The number of carbonyl (C=O) groups excluding carboxylic acids is 1. The van der Waals surface area contributed by atoms with Gasteiger partial charge in [-0.15, -0.1) is 0 Å². The van der Waals surface area contributed by atoms with Crippen LogP contribution in [0.4, 0.5) is 10.1 Å². The van der Waals surface area contributed by atoms with Crippen molar-refractivity contribution in [1.29, 1.82) is 0 Å². The molecule has 0 aliphatic heterocycles. The molecule has 2 aromatic rings. The molecule has 0 aliphatic carbocycles. The van der Waals surface area contributed by atoms with Crippen LogP contribution in [0.25, 0.3) is 0 Å². The molecule has 98 valence electrons. The van der Waals surface area contributed by atoms with Crippen molar-refractivity contribution in [2.75, 3.05) is 5.32 Å². The van der Waals surface area contributed by atoms with E-state index in [4.69, 9.17) is 34.8 Å². The van der Waals surface area contributed by atoms with Crippen molar-refractivity contribution < 1.29 is 9.18 Å². The number of amides is 1. The Morgan fingerprint density at radius 1 is 1.16 bits per heavy atom. The predicted molar refractivity (Wildman–Crippen MR) is 71.4 cm³/mol. The monoisotopic (exact) mass is 319 g/mol. The van der Waals surface area contributed by atoms with Gasteiger partial charge in [0, 0.05) is 5.69 Å². The fourth-order valence-electron chi connectivity index (χ4n) is 1.27. The lowest BCUT2D eigenvalue weighted by Gasteiger charge is -2.06. The third kappa shape index (κ3) is 3.32. The first kappa shape index (κ1) is 14.0. The maximum absolute atomic E-state index is 13.2. The van der Waals surface area contributed by atoms with Crippen molar-refractivity contribution in [2.24, 2.45) is 0 Å². The third-order valence-corrected chi connectivity index (χ3v) is 2.81. The number of halogens is 4. The van der Waals surface area contributed by atoms with Crippen LogP contribution in [0.15, 0.2) is 24.5 Å². The van der Waals surface area contributed by atoms with Gasteiger partial charge in [-0.25, -0.2) is 9.37 Å². The molecule has 8 heteroatoms. The zero-order valence-corrected chi connectivity index (χ0v) is 11.4. The number of rotatable bonds is 2. The van der Waals surface area contributed by atoms with Crippen LogP contribution < -0.4 is 5.32 Å². The SMILES string of the molecule is O=C(Nc1cc(Cl)c(F)c(Cl)c1)c1cncc(Cl)n1. The summed E-state index contributed by atoms with van der Waals surface area (Å²) in [6, 6.07) is 2.47. The largest absolute Gasteiger partial charge is 0.320 e. The topological polar surface area (TPSA) is 54.9 Å². The fourth-order valence-corrected chi connectivity index (χ4v) is 1.91. The van der Waals surface area contributed by atoms with Crippen LogP contribution in [0.1, 0.15) is 10.5 Å². The highest BCUT2D eigenvalue weighted by Crippen LogP contribution is 2.27. The number of nitrogens with zero attached hydrogens (tertiary/aromatic N) is 2. The minimum Gasteiger partial charge on any atom is -0.320 e. The molecule has 0 bridgehead atoms. The molecule has 1 aromatic carbocycles. The Morgan fingerprint density at radius 2 is 1.79 bits per heavy atom. The van der Waals surface area contributed by atoms with Crippen molar-refractivity contribution in [3.63, 3.8) is 0 Å². The number of anilines is 1. The van der Waals surface area contributed by atoms with Gasteiger partial charge in [-0.05, 0) is 12.1 Å². The highest BCUT2D eigenvalue weighted by atomic mass is 35.5. The van der Waals surface area contributed by atoms with E-state index >= 15 is 0 Å². The zero-order chi connectivity index (χ0) is 14.0. The van der Waals surface area contributed by atoms with Gasteiger partial charge in [-0.2, -0.15) is 0 Å². The second kappa shape index (κ2) is 5.69. The van der Waals surface area contributed by atoms with Gasteiger partial charge >= 0.3 is 0 Å². The predicted octanol–water partition coefficient (Wildman–Crippen LogP) is 3.83. The van der Waals surface area contributed by atoms with Crippen LogP contribution in [-0.2, 0) is 0 Å². The van der Waals surface area contributed by atoms with Crippen molar-refractivity contribution in [3.8, 4) is 0 Å². The zero-order valence-electron chi connectivity index (χ0n) is 9.12. The van der Waals surface area contributed by atoms with Gasteiger partial charge in [0.25, 0.3) is 5.91 Å². The Morgan fingerprint density at radius 3 is 2.37 bits per heavy atom. The van der Waals surface area contributed by atoms with Crippen LogP contribution in [0, 0.1) is 5.82 Å². The number of carbonyl (C=O) groups is 1. The van der Waals surface area contributed by atoms with Crippen LogP contribution in [0.3, 0.4) is 0 Å². The Labute approximate surface area is 122 Å². The van der Waals surface area contributed by atoms with E-state index in [-0.39, 0.29) is 26.6 Å². The lowest BCUT2D eigenvalue weighted by atomic mass is 10.3. The van der Waals surface area contributed by atoms with E-state index in [0.29, 0.717) is 0 Å². The Balaban J connectivity index is 2.24. The Kier molecular flexibility index (Phi) is 4.19. The quantitative estimate of drug-likeness (QED) is 0.856. The summed E-state index contributed by atoms with van der Waals surface area (Å²) in [5.41, 5.74) is 0.257. The molecule has 4 nitrogen and oxygen atoms in total. The molecule has 0 atom stereocenters. The van der Waals surface area contributed by atoms with Crippen LogP contribution in [0.5, 0.6) is 0 Å². The van der Waals surface area contributed by atoms with Crippen molar-refractivity contribution in [2.45, 2.75) is 0 Å². The molecule has 0 unspecified atom stereocenters. The minimum absolute atomic E-state index is 0.0177. The van der Waals surface area contributed by atoms with Gasteiger partial charge in [-0.3, -0.25) is 9.78 Å². The van der Waals surface area contributed by atoms with Crippen molar-refractivity contribution in [3.05, 3.63) is 51.2 Å². The van der Waals surface area contributed by atoms with E-state index in [1.54, 1.807) is 0 Å². The number of nitrogens with one attached hydrogen (secondary N) is 1. The van der Waals surface area contributed by atoms with Gasteiger partial charge in [0.15, 0.2) is 5.82 Å². The second-order valence-electron chi connectivity index (χ2n) is 3.44. The molecule has 0 radical (unpaired) electrons. The Hall–Kier alpha value is -1.43. The average Bonchev–Trinajstić information content (AvgIpc) is 2.36. The minimum atomic E-state index is -0.746. The second-order valence-corrected chi connectivity index (χ2v) is 4.64. The molecule has 1 heterocycles. The van der Waals surface area contributed by atoms with E-state index in [0.717, 1.165) is 0 Å². The average molecular weight is 321 g/mol. The van der Waals surface area contributed by atoms with E-state index in [1.807, 2.05) is 0 Å². The van der Waals surface area contributed by atoms with Gasteiger partial charge < -0.3 is 5.32 Å². The summed E-state index contributed by atoms with van der Waals surface area (Å²) < 4.78 is 13.2. The van der Waals surface area contributed by atoms with Crippen LogP contribution >= 0.6 is 34.8 Å². The smallest absolute Gasteiger partial charge is 0.275 e. The molecular formula is C11H5Cl3FN3O. The van der Waals surface area contributed by atoms with E-state index in [9.17, 15) is 9.18 Å². The summed E-state index contributed by atoms with van der Waals surface area (Å²) in [5.74, 6) is -1.31. The molecular weight excluding hydrogens is 315 g/mol. The van der Waals surface area contributed by atoms with Crippen LogP contribution in [0.2, 0.25) is 15.2 Å². The highest BCUT2D eigenvalue weighted by molar-refractivity contribution is 6.35. The standard InChI is InChI=1S/C11H5Cl3FN3O/c12-6-1-5(2-7(13)10(6)15)17-11(19)8-3-16-4-9(14)18-8/h1-4H,(H,17,19). The third-order valence-electron chi connectivity index (χ3n) is 2.08. The molecule has 0 aliphatic rings. The number of benzene rings is 1. The normalized spacial score (nSPS) is 10.3. The van der Waals surface area contributed by atoms with Gasteiger partial charge in [-0.1, -0.05) is 34.8 Å². The molecule has 1 N–H and O–H groups in total. The summed E-state index contributed by atoms with van der Waals surface area (Å²) in [5, 5.41) is 2.16. The molecule has 19 heavy (non-hydrogen) atoms. The first-order valence-electron chi connectivity index (χ1n) is 4.91. The summed E-state index contributed by atoms with van der Waals surface area (Å²) in [6.07, 6.45) is 2.54. The molecule has 0 saturated carbocycles. The van der Waals surface area contributed by atoms with Crippen molar-refractivity contribution in [1.82, 2.24) is 9.97 Å². The number of hydrogen-bond acceptors (Lipinski definition) is 3. The van der Waals surface area contributed by atoms with E-state index in [1.165, 1.54) is 24.5 Å².